The van der Waals surface area contributed by atoms with E-state index in [1.807, 2.05) is 39.8 Å². The Bertz CT molecular complexity index is 825. The van der Waals surface area contributed by atoms with Crippen molar-refractivity contribution >= 4 is 17.5 Å². The molecule has 0 saturated carbocycles. The molecule has 2 aromatic carbocycles. The molecule has 0 spiro atoms. The number of carbonyl (C=O) groups excluding carboxylic acids is 2. The average Bonchev–Trinajstić information content (AvgIpc) is 2.59. The van der Waals surface area contributed by atoms with Crippen LogP contribution in [0, 0.1) is 6.92 Å². The highest BCUT2D eigenvalue weighted by molar-refractivity contribution is 5.97. The van der Waals surface area contributed by atoms with Gasteiger partial charge in [-0.1, -0.05) is 12.1 Å². The van der Waals surface area contributed by atoms with E-state index >= 15 is 0 Å². The Morgan fingerprint density at radius 1 is 1.04 bits per heavy atom. The number of aryl methyl sites for hydroxylation is 1. The standard InChI is InChI=1S/C21H26N2O4/c1-14-9-10-17(18(11-14)26-5)27-13-19(24)22-16-8-6-7-15(12-16)20(25)23-21(2,3)4/h6-12H,13H2,1-5H3,(H,22,24)(H,23,25). The summed E-state index contributed by atoms with van der Waals surface area (Å²) in [5, 5.41) is 5.62. The first kappa shape index (κ1) is 20.3. The topological polar surface area (TPSA) is 76.7 Å². The SMILES string of the molecule is COc1cc(C)ccc1OCC(=O)Nc1cccc(C(=O)NC(C)(C)C)c1. The Balaban J connectivity index is 1.98. The fraction of sp³-hybridized carbons (Fsp3) is 0.333. The van der Waals surface area contributed by atoms with Gasteiger partial charge in [0.15, 0.2) is 18.1 Å². The molecule has 27 heavy (non-hydrogen) atoms. The summed E-state index contributed by atoms with van der Waals surface area (Å²) in [4.78, 5) is 24.4. The first-order valence-electron chi connectivity index (χ1n) is 8.68. The molecule has 0 radical (unpaired) electrons. The lowest BCUT2D eigenvalue weighted by Gasteiger charge is -2.20. The molecule has 0 saturated heterocycles. The maximum absolute atomic E-state index is 12.2. The largest absolute Gasteiger partial charge is 0.493 e. The van der Waals surface area contributed by atoms with Crippen molar-refractivity contribution in [3.8, 4) is 11.5 Å². The lowest BCUT2D eigenvalue weighted by Crippen LogP contribution is -2.40. The molecule has 0 bridgehead atoms. The fourth-order valence-electron chi connectivity index (χ4n) is 2.39. The number of ether oxygens (including phenoxy) is 2. The van der Waals surface area contributed by atoms with Gasteiger partial charge in [-0.2, -0.15) is 0 Å². The molecule has 0 aromatic heterocycles. The van der Waals surface area contributed by atoms with Gasteiger partial charge < -0.3 is 20.1 Å². The van der Waals surface area contributed by atoms with Gasteiger partial charge in [-0.15, -0.1) is 0 Å². The van der Waals surface area contributed by atoms with Gasteiger partial charge in [0.2, 0.25) is 0 Å². The number of anilines is 1. The van der Waals surface area contributed by atoms with Crippen LogP contribution >= 0.6 is 0 Å². The highest BCUT2D eigenvalue weighted by Crippen LogP contribution is 2.27. The zero-order chi connectivity index (χ0) is 20.0. The summed E-state index contributed by atoms with van der Waals surface area (Å²) in [7, 11) is 1.55. The van der Waals surface area contributed by atoms with E-state index in [1.165, 1.54) is 0 Å². The molecule has 0 unspecified atom stereocenters. The van der Waals surface area contributed by atoms with Crippen molar-refractivity contribution in [3.05, 3.63) is 53.6 Å². The third-order valence-electron chi connectivity index (χ3n) is 3.57. The Morgan fingerprint density at radius 3 is 2.44 bits per heavy atom. The summed E-state index contributed by atoms with van der Waals surface area (Å²) in [6.07, 6.45) is 0. The molecule has 0 aliphatic rings. The predicted molar refractivity (Wildman–Crippen MR) is 106 cm³/mol. The number of nitrogens with one attached hydrogen (secondary N) is 2. The number of hydrogen-bond acceptors (Lipinski definition) is 4. The van der Waals surface area contributed by atoms with Gasteiger partial charge in [0, 0.05) is 16.8 Å². The lowest BCUT2D eigenvalue weighted by atomic mass is 10.1. The molecule has 0 aliphatic carbocycles. The number of methoxy groups -OCH3 is 1. The minimum absolute atomic E-state index is 0.169. The number of benzene rings is 2. The number of rotatable bonds is 6. The first-order valence-corrected chi connectivity index (χ1v) is 8.68. The van der Waals surface area contributed by atoms with Crippen molar-refractivity contribution in [1.82, 2.24) is 5.32 Å². The average molecular weight is 370 g/mol. The van der Waals surface area contributed by atoms with E-state index in [0.29, 0.717) is 22.7 Å². The van der Waals surface area contributed by atoms with Gasteiger partial charge in [0.05, 0.1) is 7.11 Å². The van der Waals surface area contributed by atoms with Gasteiger partial charge in [0.25, 0.3) is 11.8 Å². The van der Waals surface area contributed by atoms with Crippen LogP contribution in [0.4, 0.5) is 5.69 Å². The van der Waals surface area contributed by atoms with Crippen molar-refractivity contribution in [2.75, 3.05) is 19.0 Å². The summed E-state index contributed by atoms with van der Waals surface area (Å²) < 4.78 is 10.8. The third kappa shape index (κ3) is 6.33. The molecule has 2 amide bonds. The minimum atomic E-state index is -0.336. The smallest absolute Gasteiger partial charge is 0.262 e. The van der Waals surface area contributed by atoms with Gasteiger partial charge in [-0.3, -0.25) is 9.59 Å². The monoisotopic (exact) mass is 370 g/mol. The molecule has 0 atom stereocenters. The molecule has 144 valence electrons. The molecule has 2 rings (SSSR count). The zero-order valence-corrected chi connectivity index (χ0v) is 16.4. The van der Waals surface area contributed by atoms with Crippen molar-refractivity contribution in [2.45, 2.75) is 33.2 Å². The molecule has 6 nitrogen and oxygen atoms in total. The highest BCUT2D eigenvalue weighted by atomic mass is 16.5. The van der Waals surface area contributed by atoms with Crippen LogP contribution in [0.1, 0.15) is 36.7 Å². The Labute approximate surface area is 159 Å². The maximum Gasteiger partial charge on any atom is 0.262 e. The second kappa shape index (κ2) is 8.58. The van der Waals surface area contributed by atoms with Gasteiger partial charge in [-0.25, -0.2) is 0 Å². The van der Waals surface area contributed by atoms with Crippen LogP contribution in [0.2, 0.25) is 0 Å². The normalized spacial score (nSPS) is 10.9. The Hall–Kier alpha value is -3.02. The Kier molecular flexibility index (Phi) is 6.45. The van der Waals surface area contributed by atoms with Gasteiger partial charge in [-0.05, 0) is 63.6 Å². The molecule has 6 heteroatoms. The second-order valence-corrected chi connectivity index (χ2v) is 7.28. The maximum atomic E-state index is 12.2. The molecular weight excluding hydrogens is 344 g/mol. The van der Waals surface area contributed by atoms with Crippen molar-refractivity contribution in [3.63, 3.8) is 0 Å². The Morgan fingerprint density at radius 2 is 1.78 bits per heavy atom. The molecule has 2 N–H and O–H groups in total. The molecule has 0 heterocycles. The van der Waals surface area contributed by atoms with E-state index in [-0.39, 0.29) is 24.0 Å². The summed E-state index contributed by atoms with van der Waals surface area (Å²) in [6, 6.07) is 12.3. The quantitative estimate of drug-likeness (QED) is 0.815. The highest BCUT2D eigenvalue weighted by Gasteiger charge is 2.16. The summed E-state index contributed by atoms with van der Waals surface area (Å²) >= 11 is 0. The number of hydrogen-bond donors (Lipinski definition) is 2. The van der Waals surface area contributed by atoms with Gasteiger partial charge in [0.1, 0.15) is 0 Å². The lowest BCUT2D eigenvalue weighted by molar-refractivity contribution is -0.118. The molecule has 0 fully saturated rings. The van der Waals surface area contributed by atoms with Crippen LogP contribution in [0.15, 0.2) is 42.5 Å². The summed E-state index contributed by atoms with van der Waals surface area (Å²) in [6.45, 7) is 7.51. The predicted octanol–water partition coefficient (Wildman–Crippen LogP) is 3.55. The van der Waals surface area contributed by atoms with E-state index in [0.717, 1.165) is 5.56 Å². The van der Waals surface area contributed by atoms with E-state index in [2.05, 4.69) is 10.6 Å². The van der Waals surface area contributed by atoms with Crippen LogP contribution in [0.3, 0.4) is 0 Å². The van der Waals surface area contributed by atoms with E-state index in [1.54, 1.807) is 37.4 Å². The third-order valence-corrected chi connectivity index (χ3v) is 3.57. The summed E-state index contributed by atoms with van der Waals surface area (Å²) in [5.41, 5.74) is 1.70. The van der Waals surface area contributed by atoms with Crippen LogP contribution in [0.25, 0.3) is 0 Å². The summed E-state index contributed by atoms with van der Waals surface area (Å²) in [5.74, 6) is 0.547. The number of amides is 2. The molecule has 0 aliphatic heterocycles. The first-order chi connectivity index (χ1) is 12.7. The van der Waals surface area contributed by atoms with Crippen LogP contribution in [-0.2, 0) is 4.79 Å². The molecular formula is C21H26N2O4. The van der Waals surface area contributed by atoms with Gasteiger partial charge >= 0.3 is 0 Å². The van der Waals surface area contributed by atoms with Crippen LogP contribution in [0.5, 0.6) is 11.5 Å². The van der Waals surface area contributed by atoms with Crippen molar-refractivity contribution < 1.29 is 19.1 Å². The van der Waals surface area contributed by atoms with E-state index < -0.39 is 0 Å². The van der Waals surface area contributed by atoms with Crippen molar-refractivity contribution in [1.29, 1.82) is 0 Å². The van der Waals surface area contributed by atoms with Crippen LogP contribution < -0.4 is 20.1 Å². The fourth-order valence-corrected chi connectivity index (χ4v) is 2.39. The zero-order valence-electron chi connectivity index (χ0n) is 16.4. The van der Waals surface area contributed by atoms with Crippen LogP contribution in [-0.4, -0.2) is 31.1 Å². The van der Waals surface area contributed by atoms with E-state index in [9.17, 15) is 9.59 Å². The van der Waals surface area contributed by atoms with E-state index in [4.69, 9.17) is 9.47 Å². The number of carbonyl (C=O) groups is 2. The minimum Gasteiger partial charge on any atom is -0.493 e. The molecule has 2 aromatic rings. The van der Waals surface area contributed by atoms with Crippen molar-refractivity contribution in [2.24, 2.45) is 0 Å². The second-order valence-electron chi connectivity index (χ2n) is 7.28.